The average Bonchev–Trinajstić information content (AvgIpc) is 3.41. The maximum Gasteiger partial charge on any atom is 0.306 e. The van der Waals surface area contributed by atoms with Crippen LogP contribution in [0.25, 0.3) is 10.4 Å². The van der Waals surface area contributed by atoms with Gasteiger partial charge >= 0.3 is 5.97 Å². The molecule has 0 bridgehead atoms. The predicted octanol–water partition coefficient (Wildman–Crippen LogP) is 6.36. The Labute approximate surface area is 264 Å². The van der Waals surface area contributed by atoms with Gasteiger partial charge in [0.05, 0.1) is 6.61 Å². The molecule has 0 aliphatic carbocycles. The Morgan fingerprint density at radius 3 is 2.52 bits per heavy atom. The van der Waals surface area contributed by atoms with Gasteiger partial charge < -0.3 is 24.6 Å². The summed E-state index contributed by atoms with van der Waals surface area (Å²) < 4.78 is 45.0. The molecule has 2 atom stereocenters. The number of nitrogens with one attached hydrogen (secondary N) is 1. The van der Waals surface area contributed by atoms with Crippen LogP contribution in [-0.2, 0) is 25.6 Å². The molecule has 3 aromatic carbocycles. The lowest BCUT2D eigenvalue weighted by Crippen LogP contribution is -2.48. The van der Waals surface area contributed by atoms with E-state index in [4.69, 9.17) is 24.3 Å². The number of rotatable bonds is 13. The van der Waals surface area contributed by atoms with Crippen LogP contribution in [0, 0.1) is 11.6 Å². The quantitative estimate of drug-likeness (QED) is 0.0732. The van der Waals surface area contributed by atoms with Crippen molar-refractivity contribution in [2.45, 2.75) is 63.8 Å². The number of carbonyl (C=O) groups is 2. The summed E-state index contributed by atoms with van der Waals surface area (Å²) in [6.07, 6.45) is -1.11. The minimum Gasteiger partial charge on any atom is -0.494 e. The molecule has 0 aromatic heterocycles. The van der Waals surface area contributed by atoms with Gasteiger partial charge in [0.15, 0.2) is 23.3 Å². The van der Waals surface area contributed by atoms with Crippen molar-refractivity contribution in [2.75, 3.05) is 13.2 Å². The number of benzene rings is 3. The number of azide groups is 1. The molecule has 0 fully saturated rings. The topological polar surface area (TPSA) is 155 Å². The first-order valence-corrected chi connectivity index (χ1v) is 14.6. The van der Waals surface area contributed by atoms with Gasteiger partial charge in [0.2, 0.25) is 5.90 Å². The van der Waals surface area contributed by atoms with E-state index in [1.54, 1.807) is 69.3 Å². The summed E-state index contributed by atoms with van der Waals surface area (Å²) in [5.74, 6) is -2.71. The van der Waals surface area contributed by atoms with E-state index in [0.29, 0.717) is 35.5 Å². The van der Waals surface area contributed by atoms with Gasteiger partial charge in [-0.2, -0.15) is 0 Å². The Morgan fingerprint density at radius 1 is 1.11 bits per heavy atom. The van der Waals surface area contributed by atoms with E-state index >= 15 is 0 Å². The molecule has 1 amide bonds. The second-order valence-electron chi connectivity index (χ2n) is 11.6. The molecule has 0 unspecified atom stereocenters. The molecule has 0 saturated carbocycles. The smallest absolute Gasteiger partial charge is 0.306 e. The van der Waals surface area contributed by atoms with E-state index in [1.807, 2.05) is 0 Å². The van der Waals surface area contributed by atoms with Crippen molar-refractivity contribution in [3.63, 3.8) is 0 Å². The Kier molecular flexibility index (Phi) is 10.9. The summed E-state index contributed by atoms with van der Waals surface area (Å²) in [4.78, 5) is 34.9. The van der Waals surface area contributed by atoms with Crippen molar-refractivity contribution in [3.05, 3.63) is 105 Å². The Hall–Kier alpha value is -5.00. The molecule has 13 heteroatoms. The van der Waals surface area contributed by atoms with Gasteiger partial charge in [-0.3, -0.25) is 9.59 Å². The van der Waals surface area contributed by atoms with E-state index in [1.165, 1.54) is 6.07 Å². The fourth-order valence-electron chi connectivity index (χ4n) is 4.87. The van der Waals surface area contributed by atoms with Crippen LogP contribution in [0.5, 0.6) is 5.75 Å². The molecule has 242 valence electrons. The molecule has 11 nitrogen and oxygen atoms in total. The number of carbonyl (C=O) groups excluding carboxylic acids is 2. The molecule has 46 heavy (non-hydrogen) atoms. The summed E-state index contributed by atoms with van der Waals surface area (Å²) in [7, 11) is 0. The molecule has 4 rings (SSSR count). The van der Waals surface area contributed by atoms with Crippen molar-refractivity contribution in [1.29, 1.82) is 0 Å². The fraction of sp³-hybridized carbons (Fsp3) is 0.364. The van der Waals surface area contributed by atoms with E-state index in [2.05, 4.69) is 15.3 Å². The highest BCUT2D eigenvalue weighted by molar-refractivity contribution is 6.01. The van der Waals surface area contributed by atoms with Crippen molar-refractivity contribution in [2.24, 2.45) is 10.1 Å². The number of esters is 1. The monoisotopic (exact) mass is 635 g/mol. The third-order valence-corrected chi connectivity index (χ3v) is 6.97. The van der Waals surface area contributed by atoms with Crippen molar-refractivity contribution >= 4 is 23.5 Å². The molecule has 0 radical (unpaired) electrons. The average molecular weight is 636 g/mol. The van der Waals surface area contributed by atoms with Crippen molar-refractivity contribution in [3.8, 4) is 5.75 Å². The second kappa shape index (κ2) is 14.9. The van der Waals surface area contributed by atoms with Gasteiger partial charge in [0.1, 0.15) is 11.4 Å². The van der Waals surface area contributed by atoms with Crippen LogP contribution in [-0.4, -0.2) is 47.2 Å². The van der Waals surface area contributed by atoms with E-state index < -0.39 is 40.8 Å². The van der Waals surface area contributed by atoms with E-state index in [-0.39, 0.29) is 37.6 Å². The van der Waals surface area contributed by atoms with Gasteiger partial charge in [0.25, 0.3) is 5.91 Å². The number of nitrogens with zero attached hydrogens (tertiary/aromatic N) is 4. The lowest BCUT2D eigenvalue weighted by molar-refractivity contribution is -0.155. The maximum absolute atomic E-state index is 14.3. The number of hydrogen-bond acceptors (Lipinski definition) is 8. The van der Waals surface area contributed by atoms with Crippen LogP contribution in [0.1, 0.15) is 62.8 Å². The number of aliphatic hydroxyl groups is 1. The second-order valence-corrected chi connectivity index (χ2v) is 11.6. The number of hydrogen-bond donors (Lipinski definition) is 2. The third-order valence-electron chi connectivity index (χ3n) is 6.97. The largest absolute Gasteiger partial charge is 0.494 e. The summed E-state index contributed by atoms with van der Waals surface area (Å²) >= 11 is 0. The molecular weight excluding hydrogens is 600 g/mol. The van der Waals surface area contributed by atoms with Crippen molar-refractivity contribution in [1.82, 2.24) is 5.32 Å². The third kappa shape index (κ3) is 8.38. The Morgan fingerprint density at radius 2 is 1.85 bits per heavy atom. The summed E-state index contributed by atoms with van der Waals surface area (Å²) in [5, 5.41) is 15.6. The zero-order valence-electron chi connectivity index (χ0n) is 25.7. The minimum absolute atomic E-state index is 0.00895. The molecule has 1 aliphatic rings. The number of halogens is 2. The predicted molar refractivity (Wildman–Crippen MR) is 165 cm³/mol. The molecule has 2 N–H and O–H groups in total. The first kappa shape index (κ1) is 33.9. The maximum atomic E-state index is 14.3. The lowest BCUT2D eigenvalue weighted by Gasteiger charge is -2.31. The lowest BCUT2D eigenvalue weighted by atomic mass is 9.82. The van der Waals surface area contributed by atoms with Crippen LogP contribution in [0.15, 0.2) is 76.8 Å². The van der Waals surface area contributed by atoms with Crippen LogP contribution >= 0.6 is 0 Å². The van der Waals surface area contributed by atoms with Gasteiger partial charge in [-0.25, -0.2) is 13.8 Å². The molecule has 1 aliphatic heterocycles. The minimum atomic E-state index is -1.79. The SMILES string of the molecule is CC(C)(C)OC(=O)CC[C@@]1(C(=O)NCc2ccc(F)c(F)c2)N=C(c2ccc(OCCCO)cc2)O[C@@H]1c1ccccc1N=[N+]=[N-]. The van der Waals surface area contributed by atoms with Crippen LogP contribution in [0.4, 0.5) is 14.5 Å². The first-order chi connectivity index (χ1) is 22.0. The summed E-state index contributed by atoms with van der Waals surface area (Å²) in [6.45, 7) is 5.29. The zero-order chi connectivity index (χ0) is 33.3. The van der Waals surface area contributed by atoms with Crippen LogP contribution < -0.4 is 10.1 Å². The van der Waals surface area contributed by atoms with Crippen molar-refractivity contribution < 1.29 is 37.7 Å². The van der Waals surface area contributed by atoms with Gasteiger partial charge in [-0.05, 0) is 74.7 Å². The number of ether oxygens (including phenoxy) is 3. The first-order valence-electron chi connectivity index (χ1n) is 14.6. The highest BCUT2D eigenvalue weighted by atomic mass is 19.2. The van der Waals surface area contributed by atoms with Gasteiger partial charge in [-0.15, -0.1) is 0 Å². The zero-order valence-corrected chi connectivity index (χ0v) is 25.7. The van der Waals surface area contributed by atoms with Crippen LogP contribution in [0.2, 0.25) is 0 Å². The Balaban J connectivity index is 1.78. The standard InChI is InChI=1S/C33H35F2N5O6/c1-32(2,3)46-28(42)15-16-33(31(43)37-20-21-9-14-25(34)26(35)19-21)29(24-7-4-5-8-27(24)39-40-36)45-30(38-33)22-10-12-23(13-11-22)44-18-6-17-41/h4-5,7-14,19,29,41H,6,15-18,20H2,1-3H3,(H,37,43)/t29-,33-/m1/s1. The van der Waals surface area contributed by atoms with E-state index in [9.17, 15) is 23.9 Å². The summed E-state index contributed by atoms with van der Waals surface area (Å²) in [5.41, 5.74) is 8.01. The molecule has 0 spiro atoms. The normalized spacial score (nSPS) is 17.3. The molecule has 1 heterocycles. The number of aliphatic imine (C=N–C) groups is 1. The molecule has 3 aromatic rings. The van der Waals surface area contributed by atoms with Gasteiger partial charge in [-0.1, -0.05) is 35.4 Å². The molecular formula is C33H35F2N5O6. The van der Waals surface area contributed by atoms with Gasteiger partial charge in [0, 0.05) is 47.7 Å². The Bertz CT molecular complexity index is 1640. The fourth-order valence-corrected chi connectivity index (χ4v) is 4.87. The summed E-state index contributed by atoms with van der Waals surface area (Å²) in [6, 6.07) is 16.6. The highest BCUT2D eigenvalue weighted by Gasteiger charge is 2.53. The van der Waals surface area contributed by atoms with E-state index in [0.717, 1.165) is 12.1 Å². The highest BCUT2D eigenvalue weighted by Crippen LogP contribution is 2.46. The molecule has 0 saturated heterocycles. The number of amides is 1. The number of aliphatic hydroxyl groups excluding tert-OH is 1. The van der Waals surface area contributed by atoms with Crippen LogP contribution in [0.3, 0.4) is 0 Å².